The van der Waals surface area contributed by atoms with Crippen molar-refractivity contribution in [1.29, 1.82) is 0 Å². The Balaban J connectivity index is 3.25. The molecule has 18 heavy (non-hydrogen) atoms. The quantitative estimate of drug-likeness (QED) is 0.867. The van der Waals surface area contributed by atoms with E-state index in [1.54, 1.807) is 0 Å². The molecule has 4 heteroatoms. The van der Waals surface area contributed by atoms with Crippen LogP contribution in [0.3, 0.4) is 0 Å². The lowest BCUT2D eigenvalue weighted by Gasteiger charge is -2.32. The van der Waals surface area contributed by atoms with Crippen molar-refractivity contribution < 1.29 is 9.53 Å². The number of aryl methyl sites for hydroxylation is 1. The standard InChI is InChI=1S/C14H20BrNO2/c1-9-6-7-10(15)8-11(9)12(16-4)14(2,3)13(17)18-5/h6-8,12,16H,1-5H3. The number of ether oxygens (including phenoxy) is 1. The summed E-state index contributed by atoms with van der Waals surface area (Å²) in [4.78, 5) is 11.9. The third-order valence-electron chi connectivity index (χ3n) is 3.27. The van der Waals surface area contributed by atoms with E-state index in [1.807, 2.05) is 46.0 Å². The molecule has 1 unspecified atom stereocenters. The number of benzene rings is 1. The van der Waals surface area contributed by atoms with Crippen molar-refractivity contribution >= 4 is 21.9 Å². The average Bonchev–Trinajstić information content (AvgIpc) is 2.33. The van der Waals surface area contributed by atoms with E-state index in [4.69, 9.17) is 4.74 Å². The minimum Gasteiger partial charge on any atom is -0.469 e. The van der Waals surface area contributed by atoms with E-state index >= 15 is 0 Å². The maximum Gasteiger partial charge on any atom is 0.313 e. The molecule has 1 aromatic carbocycles. The van der Waals surface area contributed by atoms with Crippen LogP contribution in [-0.4, -0.2) is 20.1 Å². The van der Waals surface area contributed by atoms with Gasteiger partial charge in [0.2, 0.25) is 0 Å². The van der Waals surface area contributed by atoms with Crippen molar-refractivity contribution in [2.45, 2.75) is 26.8 Å². The molecule has 0 aliphatic carbocycles. The summed E-state index contributed by atoms with van der Waals surface area (Å²) in [6, 6.07) is 5.98. The Labute approximate surface area is 117 Å². The van der Waals surface area contributed by atoms with E-state index in [-0.39, 0.29) is 12.0 Å². The van der Waals surface area contributed by atoms with Gasteiger partial charge in [0.1, 0.15) is 0 Å². The van der Waals surface area contributed by atoms with E-state index in [0.717, 1.165) is 15.6 Å². The molecular formula is C14H20BrNO2. The van der Waals surface area contributed by atoms with Gasteiger partial charge in [-0.3, -0.25) is 4.79 Å². The highest BCUT2D eigenvalue weighted by Gasteiger charge is 2.38. The van der Waals surface area contributed by atoms with Crippen molar-refractivity contribution in [2.75, 3.05) is 14.2 Å². The van der Waals surface area contributed by atoms with E-state index in [2.05, 4.69) is 21.2 Å². The number of halogens is 1. The molecule has 0 heterocycles. The maximum atomic E-state index is 11.9. The molecule has 0 fully saturated rings. The summed E-state index contributed by atoms with van der Waals surface area (Å²) in [5.74, 6) is -0.221. The molecule has 0 amide bonds. The van der Waals surface area contributed by atoms with Crippen molar-refractivity contribution in [1.82, 2.24) is 5.32 Å². The van der Waals surface area contributed by atoms with Crippen LogP contribution >= 0.6 is 15.9 Å². The summed E-state index contributed by atoms with van der Waals surface area (Å²) in [5, 5.41) is 3.22. The van der Waals surface area contributed by atoms with Gasteiger partial charge in [-0.1, -0.05) is 22.0 Å². The first-order chi connectivity index (χ1) is 8.34. The van der Waals surface area contributed by atoms with Crippen LogP contribution in [0, 0.1) is 12.3 Å². The molecule has 0 aliphatic heterocycles. The maximum absolute atomic E-state index is 11.9. The monoisotopic (exact) mass is 313 g/mol. The molecule has 100 valence electrons. The van der Waals surface area contributed by atoms with E-state index in [1.165, 1.54) is 7.11 Å². The molecule has 0 saturated heterocycles. The van der Waals surface area contributed by atoms with Gasteiger partial charge in [0.05, 0.1) is 12.5 Å². The second-order valence-corrected chi connectivity index (χ2v) is 5.85. The normalized spacial score (nSPS) is 13.2. The molecule has 3 nitrogen and oxygen atoms in total. The van der Waals surface area contributed by atoms with Gasteiger partial charge in [0, 0.05) is 10.5 Å². The Morgan fingerprint density at radius 3 is 2.56 bits per heavy atom. The summed E-state index contributed by atoms with van der Waals surface area (Å²) in [5.41, 5.74) is 1.62. The molecular weight excluding hydrogens is 294 g/mol. The van der Waals surface area contributed by atoms with Gasteiger partial charge in [0.25, 0.3) is 0 Å². The van der Waals surface area contributed by atoms with Crippen LogP contribution in [0.15, 0.2) is 22.7 Å². The molecule has 1 N–H and O–H groups in total. The molecule has 0 aliphatic rings. The zero-order valence-electron chi connectivity index (χ0n) is 11.5. The van der Waals surface area contributed by atoms with Gasteiger partial charge >= 0.3 is 5.97 Å². The number of rotatable bonds is 4. The Bertz CT molecular complexity index is 443. The third kappa shape index (κ3) is 2.93. The lowest BCUT2D eigenvalue weighted by molar-refractivity contribution is -0.152. The van der Waals surface area contributed by atoms with Gasteiger partial charge in [-0.15, -0.1) is 0 Å². The number of methoxy groups -OCH3 is 1. The summed E-state index contributed by atoms with van der Waals surface area (Å²) >= 11 is 3.47. The average molecular weight is 314 g/mol. The number of esters is 1. The largest absolute Gasteiger partial charge is 0.469 e. The second-order valence-electron chi connectivity index (χ2n) is 4.94. The summed E-state index contributed by atoms with van der Waals surface area (Å²) in [6.07, 6.45) is 0. The van der Waals surface area contributed by atoms with Crippen LogP contribution in [0.25, 0.3) is 0 Å². The first kappa shape index (κ1) is 15.2. The number of nitrogens with one attached hydrogen (secondary N) is 1. The fourth-order valence-electron chi connectivity index (χ4n) is 2.21. The van der Waals surface area contributed by atoms with Gasteiger partial charge < -0.3 is 10.1 Å². The van der Waals surface area contributed by atoms with Crippen LogP contribution in [0.5, 0.6) is 0 Å². The summed E-state index contributed by atoms with van der Waals surface area (Å²) in [6.45, 7) is 5.82. The fraction of sp³-hybridized carbons (Fsp3) is 0.500. The minimum atomic E-state index is -0.630. The Morgan fingerprint density at radius 2 is 2.06 bits per heavy atom. The number of carbonyl (C=O) groups excluding carboxylic acids is 1. The molecule has 1 aromatic rings. The predicted octanol–water partition coefficient (Wildman–Crippen LogP) is 3.22. The minimum absolute atomic E-state index is 0.0950. The first-order valence-electron chi connectivity index (χ1n) is 5.86. The van der Waals surface area contributed by atoms with Crippen LogP contribution in [0.2, 0.25) is 0 Å². The topological polar surface area (TPSA) is 38.3 Å². The van der Waals surface area contributed by atoms with Crippen LogP contribution in [-0.2, 0) is 9.53 Å². The van der Waals surface area contributed by atoms with Gasteiger partial charge in [-0.25, -0.2) is 0 Å². The highest BCUT2D eigenvalue weighted by molar-refractivity contribution is 9.10. The second kappa shape index (κ2) is 5.85. The van der Waals surface area contributed by atoms with Crippen LogP contribution in [0.4, 0.5) is 0 Å². The highest BCUT2D eigenvalue weighted by Crippen LogP contribution is 2.36. The Kier molecular flexibility index (Phi) is 4.93. The van der Waals surface area contributed by atoms with Crippen LogP contribution < -0.4 is 5.32 Å². The zero-order chi connectivity index (χ0) is 13.9. The Hall–Kier alpha value is -0.870. The van der Waals surface area contributed by atoms with Gasteiger partial charge in [-0.2, -0.15) is 0 Å². The SMILES string of the molecule is CNC(c1cc(Br)ccc1C)C(C)(C)C(=O)OC. The fourth-order valence-corrected chi connectivity index (χ4v) is 2.59. The lowest BCUT2D eigenvalue weighted by Crippen LogP contribution is -2.39. The number of carbonyl (C=O) groups is 1. The molecule has 0 bridgehead atoms. The summed E-state index contributed by atoms with van der Waals surface area (Å²) < 4.78 is 5.90. The van der Waals surface area contributed by atoms with E-state index in [9.17, 15) is 4.79 Å². The van der Waals surface area contributed by atoms with E-state index in [0.29, 0.717) is 0 Å². The van der Waals surface area contributed by atoms with Gasteiger partial charge in [-0.05, 0) is 51.1 Å². The lowest BCUT2D eigenvalue weighted by atomic mass is 9.79. The first-order valence-corrected chi connectivity index (χ1v) is 6.65. The predicted molar refractivity (Wildman–Crippen MR) is 76.5 cm³/mol. The van der Waals surface area contributed by atoms with Crippen molar-refractivity contribution in [3.63, 3.8) is 0 Å². The van der Waals surface area contributed by atoms with Gasteiger partial charge in [0.15, 0.2) is 0 Å². The molecule has 0 aromatic heterocycles. The van der Waals surface area contributed by atoms with Crippen LogP contribution in [0.1, 0.15) is 31.0 Å². The molecule has 0 saturated carbocycles. The smallest absolute Gasteiger partial charge is 0.313 e. The molecule has 1 atom stereocenters. The van der Waals surface area contributed by atoms with Crippen molar-refractivity contribution in [3.05, 3.63) is 33.8 Å². The molecule has 0 spiro atoms. The summed E-state index contributed by atoms with van der Waals surface area (Å²) in [7, 11) is 3.28. The number of hydrogen-bond acceptors (Lipinski definition) is 3. The molecule has 0 radical (unpaired) electrons. The zero-order valence-corrected chi connectivity index (χ0v) is 13.1. The van der Waals surface area contributed by atoms with E-state index < -0.39 is 5.41 Å². The molecule has 1 rings (SSSR count). The van der Waals surface area contributed by atoms with Crippen molar-refractivity contribution in [3.8, 4) is 0 Å². The highest BCUT2D eigenvalue weighted by atomic mass is 79.9. The Morgan fingerprint density at radius 1 is 1.44 bits per heavy atom. The van der Waals surface area contributed by atoms with Crippen molar-refractivity contribution in [2.24, 2.45) is 5.41 Å². The third-order valence-corrected chi connectivity index (χ3v) is 3.77. The number of hydrogen-bond donors (Lipinski definition) is 1.